The lowest BCUT2D eigenvalue weighted by atomic mass is 10.1. The molecule has 3 nitrogen and oxygen atoms in total. The summed E-state index contributed by atoms with van der Waals surface area (Å²) in [5.74, 6) is 1.72. The van der Waals surface area contributed by atoms with E-state index < -0.39 is 0 Å². The van der Waals surface area contributed by atoms with Crippen LogP contribution in [0.1, 0.15) is 29.0 Å². The number of halogens is 1. The fourth-order valence-corrected chi connectivity index (χ4v) is 2.45. The molecule has 0 N–H and O–H groups in total. The maximum Gasteiger partial charge on any atom is 0.289 e. The third-order valence-corrected chi connectivity index (χ3v) is 3.36. The van der Waals surface area contributed by atoms with Gasteiger partial charge in [-0.25, -0.2) is 0 Å². The van der Waals surface area contributed by atoms with Gasteiger partial charge in [0.15, 0.2) is 5.76 Å². The van der Waals surface area contributed by atoms with Gasteiger partial charge in [0.05, 0.1) is 6.26 Å². The average Bonchev–Trinajstić information content (AvgIpc) is 2.87. The van der Waals surface area contributed by atoms with Gasteiger partial charge in [0.2, 0.25) is 0 Å². The van der Waals surface area contributed by atoms with Gasteiger partial charge >= 0.3 is 0 Å². The molecule has 1 aromatic heterocycles. The fraction of sp³-hybridized carbons (Fsp3) is 0.583. The Morgan fingerprint density at radius 2 is 2.50 bits per heavy atom. The number of furan rings is 1. The highest BCUT2D eigenvalue weighted by Gasteiger charge is 2.28. The lowest BCUT2D eigenvalue weighted by molar-refractivity contribution is 0.0754. The molecule has 2 rings (SSSR count). The molecule has 1 amide bonds. The molecule has 1 aliphatic heterocycles. The van der Waals surface area contributed by atoms with E-state index in [1.165, 1.54) is 0 Å². The summed E-state index contributed by atoms with van der Waals surface area (Å²) in [6.45, 7) is 3.52. The molecule has 1 atom stereocenters. The zero-order chi connectivity index (χ0) is 11.5. The average molecular weight is 242 g/mol. The van der Waals surface area contributed by atoms with Crippen LogP contribution in [0.15, 0.2) is 16.7 Å². The van der Waals surface area contributed by atoms with Crippen LogP contribution in [0.4, 0.5) is 0 Å². The Morgan fingerprint density at radius 3 is 3.12 bits per heavy atom. The second-order valence-electron chi connectivity index (χ2n) is 4.32. The summed E-state index contributed by atoms with van der Waals surface area (Å²) in [6, 6.07) is 1.82. The molecule has 0 spiro atoms. The molecule has 16 heavy (non-hydrogen) atoms. The van der Waals surface area contributed by atoms with Gasteiger partial charge in [0.1, 0.15) is 0 Å². The Morgan fingerprint density at radius 1 is 1.69 bits per heavy atom. The van der Waals surface area contributed by atoms with Crippen molar-refractivity contribution in [2.24, 2.45) is 5.92 Å². The number of hydrogen-bond donors (Lipinski definition) is 0. The van der Waals surface area contributed by atoms with Crippen molar-refractivity contribution in [1.29, 1.82) is 0 Å². The number of likely N-dealkylation sites (tertiary alicyclic amines) is 1. The Bertz CT molecular complexity index is 375. The first kappa shape index (κ1) is 11.5. The van der Waals surface area contributed by atoms with E-state index in [1.54, 1.807) is 6.26 Å². The largest absolute Gasteiger partial charge is 0.459 e. The van der Waals surface area contributed by atoms with Crippen LogP contribution in [-0.2, 0) is 0 Å². The highest BCUT2D eigenvalue weighted by atomic mass is 35.5. The summed E-state index contributed by atoms with van der Waals surface area (Å²) >= 11 is 5.71. The van der Waals surface area contributed by atoms with Crippen LogP contribution in [0.25, 0.3) is 0 Å². The van der Waals surface area contributed by atoms with Crippen molar-refractivity contribution in [3.63, 3.8) is 0 Å². The van der Waals surface area contributed by atoms with Crippen LogP contribution in [0.2, 0.25) is 0 Å². The number of hydrogen-bond acceptors (Lipinski definition) is 2. The van der Waals surface area contributed by atoms with Gasteiger partial charge in [0.25, 0.3) is 5.91 Å². The smallest absolute Gasteiger partial charge is 0.289 e. The Balaban J connectivity index is 2.00. The van der Waals surface area contributed by atoms with Gasteiger partial charge < -0.3 is 9.32 Å². The quantitative estimate of drug-likeness (QED) is 0.763. The fourth-order valence-electron chi connectivity index (χ4n) is 2.14. The molecule has 4 heteroatoms. The zero-order valence-electron chi connectivity index (χ0n) is 9.41. The number of carbonyl (C=O) groups excluding carboxylic acids is 1. The Labute approximate surface area is 100 Å². The lowest BCUT2D eigenvalue weighted by Gasteiger charge is -2.15. The van der Waals surface area contributed by atoms with E-state index in [9.17, 15) is 4.79 Å². The predicted molar refractivity (Wildman–Crippen MR) is 62.8 cm³/mol. The van der Waals surface area contributed by atoms with Crippen LogP contribution in [0, 0.1) is 12.8 Å². The predicted octanol–water partition coefficient (Wildman–Crippen LogP) is 2.68. The molecule has 0 bridgehead atoms. The van der Waals surface area contributed by atoms with Gasteiger partial charge in [-0.2, -0.15) is 0 Å². The van der Waals surface area contributed by atoms with Crippen LogP contribution in [0.3, 0.4) is 0 Å². The van der Waals surface area contributed by atoms with Gasteiger partial charge in [-0.1, -0.05) is 0 Å². The van der Waals surface area contributed by atoms with E-state index in [0.717, 1.165) is 31.5 Å². The SMILES string of the molecule is Cc1ccoc1C(=O)N1CCC(CCCl)C1. The number of rotatable bonds is 3. The number of carbonyl (C=O) groups is 1. The molecule has 88 valence electrons. The highest BCUT2D eigenvalue weighted by molar-refractivity contribution is 6.17. The second-order valence-corrected chi connectivity index (χ2v) is 4.69. The summed E-state index contributed by atoms with van der Waals surface area (Å²) in [5.41, 5.74) is 0.908. The van der Waals surface area contributed by atoms with Crippen molar-refractivity contribution >= 4 is 17.5 Å². The monoisotopic (exact) mass is 241 g/mol. The number of alkyl halides is 1. The molecule has 1 aliphatic rings. The Hall–Kier alpha value is -0.960. The molecular weight excluding hydrogens is 226 g/mol. The molecule has 0 saturated carbocycles. The lowest BCUT2D eigenvalue weighted by Crippen LogP contribution is -2.28. The summed E-state index contributed by atoms with van der Waals surface area (Å²) in [4.78, 5) is 13.9. The third kappa shape index (κ3) is 2.24. The van der Waals surface area contributed by atoms with E-state index in [4.69, 9.17) is 16.0 Å². The van der Waals surface area contributed by atoms with Crippen molar-refractivity contribution in [1.82, 2.24) is 4.90 Å². The first-order valence-corrected chi connectivity index (χ1v) is 6.15. The first-order chi connectivity index (χ1) is 7.72. The van der Waals surface area contributed by atoms with E-state index in [-0.39, 0.29) is 5.91 Å². The maximum absolute atomic E-state index is 12.1. The van der Waals surface area contributed by atoms with Crippen molar-refractivity contribution in [3.05, 3.63) is 23.7 Å². The second kappa shape index (κ2) is 4.91. The summed E-state index contributed by atoms with van der Waals surface area (Å²) < 4.78 is 5.22. The molecule has 0 radical (unpaired) electrons. The van der Waals surface area contributed by atoms with E-state index in [0.29, 0.717) is 17.6 Å². The van der Waals surface area contributed by atoms with E-state index in [2.05, 4.69) is 0 Å². The molecule has 1 saturated heterocycles. The number of amides is 1. The van der Waals surface area contributed by atoms with Gasteiger partial charge in [-0.15, -0.1) is 11.6 Å². The molecule has 0 aliphatic carbocycles. The molecule has 1 unspecified atom stereocenters. The number of nitrogens with zero attached hydrogens (tertiary/aromatic N) is 1. The van der Waals surface area contributed by atoms with Crippen LogP contribution < -0.4 is 0 Å². The van der Waals surface area contributed by atoms with Gasteiger partial charge in [-0.05, 0) is 31.7 Å². The zero-order valence-corrected chi connectivity index (χ0v) is 10.2. The standard InChI is InChI=1S/C12H16ClNO2/c1-9-4-7-16-11(9)12(15)14-6-3-10(8-14)2-5-13/h4,7,10H,2-3,5-6,8H2,1H3. The minimum absolute atomic E-state index is 0.0135. The molecule has 2 heterocycles. The van der Waals surface area contributed by atoms with Gasteiger partial charge in [0, 0.05) is 24.5 Å². The summed E-state index contributed by atoms with van der Waals surface area (Å²) in [7, 11) is 0. The molecule has 1 fully saturated rings. The normalized spacial score (nSPS) is 20.4. The third-order valence-electron chi connectivity index (χ3n) is 3.15. The molecule has 0 aromatic carbocycles. The van der Waals surface area contributed by atoms with E-state index in [1.807, 2.05) is 17.9 Å². The molecular formula is C12H16ClNO2. The van der Waals surface area contributed by atoms with Crippen LogP contribution >= 0.6 is 11.6 Å². The van der Waals surface area contributed by atoms with E-state index >= 15 is 0 Å². The maximum atomic E-state index is 12.1. The summed E-state index contributed by atoms with van der Waals surface area (Å²) in [6.07, 6.45) is 3.61. The van der Waals surface area contributed by atoms with Crippen molar-refractivity contribution < 1.29 is 9.21 Å². The minimum Gasteiger partial charge on any atom is -0.459 e. The van der Waals surface area contributed by atoms with Crippen LogP contribution in [-0.4, -0.2) is 29.8 Å². The number of aryl methyl sites for hydroxylation is 1. The van der Waals surface area contributed by atoms with Gasteiger partial charge in [-0.3, -0.25) is 4.79 Å². The first-order valence-electron chi connectivity index (χ1n) is 5.61. The van der Waals surface area contributed by atoms with Crippen molar-refractivity contribution in [2.45, 2.75) is 19.8 Å². The topological polar surface area (TPSA) is 33.5 Å². The molecule has 1 aromatic rings. The van der Waals surface area contributed by atoms with Crippen molar-refractivity contribution in [2.75, 3.05) is 19.0 Å². The van der Waals surface area contributed by atoms with Crippen LogP contribution in [0.5, 0.6) is 0 Å². The highest BCUT2D eigenvalue weighted by Crippen LogP contribution is 2.23. The Kier molecular flexibility index (Phi) is 3.54. The minimum atomic E-state index is 0.0135. The van der Waals surface area contributed by atoms with Crippen molar-refractivity contribution in [3.8, 4) is 0 Å². The summed E-state index contributed by atoms with van der Waals surface area (Å²) in [5, 5.41) is 0.